The first-order valence-corrected chi connectivity index (χ1v) is 7.03. The van der Waals surface area contributed by atoms with Crippen molar-refractivity contribution < 1.29 is 19.0 Å². The minimum absolute atomic E-state index is 0. The van der Waals surface area contributed by atoms with Crippen LogP contribution >= 0.6 is 12.4 Å². The van der Waals surface area contributed by atoms with Gasteiger partial charge in [0.1, 0.15) is 24.3 Å². The monoisotopic (exact) mass is 334 g/mol. The van der Waals surface area contributed by atoms with E-state index in [1.54, 1.807) is 0 Å². The molecule has 0 radical (unpaired) electrons. The molecule has 0 saturated carbocycles. The van der Waals surface area contributed by atoms with Crippen molar-refractivity contribution >= 4 is 18.3 Å². The highest BCUT2D eigenvalue weighted by molar-refractivity contribution is 5.85. The van der Waals surface area contributed by atoms with Crippen LogP contribution in [0.1, 0.15) is 20.3 Å². The van der Waals surface area contributed by atoms with E-state index < -0.39 is 12.1 Å². The third-order valence-corrected chi connectivity index (χ3v) is 3.33. The molecule has 0 spiro atoms. The minimum atomic E-state index is -0.858. The number of halogens is 2. The van der Waals surface area contributed by atoms with Crippen molar-refractivity contribution in [2.75, 3.05) is 13.2 Å². The van der Waals surface area contributed by atoms with Crippen molar-refractivity contribution in [3.05, 3.63) is 30.1 Å². The lowest BCUT2D eigenvalue weighted by molar-refractivity contribution is -0.123. The molecule has 0 aliphatic rings. The first-order chi connectivity index (χ1) is 9.93. The number of benzene rings is 1. The summed E-state index contributed by atoms with van der Waals surface area (Å²) >= 11 is 0. The fourth-order valence-corrected chi connectivity index (χ4v) is 1.63. The van der Waals surface area contributed by atoms with Gasteiger partial charge in [0.2, 0.25) is 5.91 Å². The number of aliphatic hydroxyl groups is 1. The highest BCUT2D eigenvalue weighted by Gasteiger charge is 2.19. The summed E-state index contributed by atoms with van der Waals surface area (Å²) in [5.74, 6) is -0.102. The second-order valence-corrected chi connectivity index (χ2v) is 5.08. The molecule has 0 aromatic heterocycles. The van der Waals surface area contributed by atoms with Crippen molar-refractivity contribution in [1.29, 1.82) is 0 Å². The predicted molar refractivity (Wildman–Crippen MR) is 85.6 cm³/mol. The number of nitrogens with one attached hydrogen (secondary N) is 1. The zero-order valence-electron chi connectivity index (χ0n) is 12.8. The number of aliphatic hydroxyl groups excluding tert-OH is 1. The van der Waals surface area contributed by atoms with Gasteiger partial charge in [0, 0.05) is 6.54 Å². The first-order valence-electron chi connectivity index (χ1n) is 7.03. The summed E-state index contributed by atoms with van der Waals surface area (Å²) in [5.41, 5.74) is 5.78. The van der Waals surface area contributed by atoms with E-state index >= 15 is 0 Å². The molecule has 22 heavy (non-hydrogen) atoms. The molecule has 1 aromatic carbocycles. The Labute approximate surface area is 136 Å². The van der Waals surface area contributed by atoms with Crippen LogP contribution in [0.3, 0.4) is 0 Å². The van der Waals surface area contributed by atoms with Crippen LogP contribution in [0.5, 0.6) is 5.75 Å². The molecular weight excluding hydrogens is 311 g/mol. The van der Waals surface area contributed by atoms with Gasteiger partial charge in [0.05, 0.1) is 6.04 Å². The van der Waals surface area contributed by atoms with E-state index in [1.165, 1.54) is 24.3 Å². The quantitative estimate of drug-likeness (QED) is 0.672. The standard InChI is InChI=1S/C15H23FN2O3.ClH/c1-3-10(2)14(17)15(20)18-8-12(19)9-21-13-6-4-11(16)5-7-13;/h4-7,10,12,14,19H,3,8-9,17H2,1-2H3,(H,18,20);1H. The number of carbonyl (C=O) groups excluding carboxylic acids is 1. The summed E-state index contributed by atoms with van der Waals surface area (Å²) in [6, 6.07) is 4.91. The maximum absolute atomic E-state index is 12.7. The molecule has 3 atom stereocenters. The average Bonchev–Trinajstić information content (AvgIpc) is 2.50. The molecule has 5 nitrogen and oxygen atoms in total. The normalized spacial score (nSPS) is 14.4. The van der Waals surface area contributed by atoms with Crippen LogP contribution in [0.25, 0.3) is 0 Å². The molecule has 1 aromatic rings. The van der Waals surface area contributed by atoms with E-state index in [1.807, 2.05) is 13.8 Å². The lowest BCUT2D eigenvalue weighted by Crippen LogP contribution is -2.47. The summed E-state index contributed by atoms with van der Waals surface area (Å²) < 4.78 is 18.0. The molecule has 126 valence electrons. The molecule has 3 unspecified atom stereocenters. The molecule has 1 amide bonds. The third kappa shape index (κ3) is 7.06. The van der Waals surface area contributed by atoms with Crippen LogP contribution in [0.15, 0.2) is 24.3 Å². The van der Waals surface area contributed by atoms with Gasteiger partial charge in [-0.2, -0.15) is 0 Å². The highest BCUT2D eigenvalue weighted by atomic mass is 35.5. The van der Waals surface area contributed by atoms with Crippen LogP contribution in [0.2, 0.25) is 0 Å². The summed E-state index contributed by atoms with van der Waals surface area (Å²) in [5, 5.41) is 12.3. The number of nitrogens with two attached hydrogens (primary N) is 1. The topological polar surface area (TPSA) is 84.6 Å². The summed E-state index contributed by atoms with van der Waals surface area (Å²) in [7, 11) is 0. The Morgan fingerprint density at radius 1 is 1.41 bits per heavy atom. The fraction of sp³-hybridized carbons (Fsp3) is 0.533. The van der Waals surface area contributed by atoms with Crippen LogP contribution in [-0.4, -0.2) is 36.3 Å². The highest BCUT2D eigenvalue weighted by Crippen LogP contribution is 2.11. The van der Waals surface area contributed by atoms with Gasteiger partial charge >= 0.3 is 0 Å². The molecule has 4 N–H and O–H groups in total. The average molecular weight is 335 g/mol. The lowest BCUT2D eigenvalue weighted by Gasteiger charge is -2.19. The number of amides is 1. The smallest absolute Gasteiger partial charge is 0.237 e. The first kappa shape index (κ1) is 20.6. The van der Waals surface area contributed by atoms with Crippen molar-refractivity contribution in [2.24, 2.45) is 11.7 Å². The Bertz CT molecular complexity index is 445. The molecule has 0 aliphatic carbocycles. The Morgan fingerprint density at radius 3 is 2.55 bits per heavy atom. The zero-order chi connectivity index (χ0) is 15.8. The van der Waals surface area contributed by atoms with Gasteiger partial charge in [-0.25, -0.2) is 4.39 Å². The van der Waals surface area contributed by atoms with E-state index in [2.05, 4.69) is 5.32 Å². The number of ether oxygens (including phenoxy) is 1. The molecule has 0 heterocycles. The van der Waals surface area contributed by atoms with E-state index in [9.17, 15) is 14.3 Å². The van der Waals surface area contributed by atoms with E-state index in [0.717, 1.165) is 6.42 Å². The Hall–Kier alpha value is -1.37. The van der Waals surface area contributed by atoms with Gasteiger partial charge < -0.3 is 20.9 Å². The van der Waals surface area contributed by atoms with Gasteiger partial charge in [0.15, 0.2) is 0 Å². The predicted octanol–water partition coefficient (Wildman–Crippen LogP) is 1.48. The summed E-state index contributed by atoms with van der Waals surface area (Å²) in [6.45, 7) is 3.93. The number of rotatable bonds is 8. The van der Waals surface area contributed by atoms with Gasteiger partial charge in [0.25, 0.3) is 0 Å². The van der Waals surface area contributed by atoms with Crippen molar-refractivity contribution in [1.82, 2.24) is 5.32 Å². The molecular formula is C15H24ClFN2O3. The summed E-state index contributed by atoms with van der Waals surface area (Å²) in [6.07, 6.45) is -0.0479. The lowest BCUT2D eigenvalue weighted by atomic mass is 9.99. The molecule has 7 heteroatoms. The van der Waals surface area contributed by atoms with Gasteiger partial charge in [-0.05, 0) is 30.2 Å². The van der Waals surface area contributed by atoms with Crippen molar-refractivity contribution in [3.63, 3.8) is 0 Å². The van der Waals surface area contributed by atoms with E-state index in [-0.39, 0.29) is 43.2 Å². The van der Waals surface area contributed by atoms with Crippen LogP contribution in [-0.2, 0) is 4.79 Å². The second-order valence-electron chi connectivity index (χ2n) is 5.08. The van der Waals surface area contributed by atoms with Gasteiger partial charge in [-0.15, -0.1) is 12.4 Å². The maximum Gasteiger partial charge on any atom is 0.237 e. The van der Waals surface area contributed by atoms with Crippen LogP contribution < -0.4 is 15.8 Å². The minimum Gasteiger partial charge on any atom is -0.491 e. The van der Waals surface area contributed by atoms with Gasteiger partial charge in [-0.3, -0.25) is 4.79 Å². The zero-order valence-corrected chi connectivity index (χ0v) is 13.6. The number of carbonyl (C=O) groups is 1. The van der Waals surface area contributed by atoms with Crippen molar-refractivity contribution in [3.8, 4) is 5.75 Å². The van der Waals surface area contributed by atoms with Crippen LogP contribution in [0.4, 0.5) is 4.39 Å². The Kier molecular flexibility index (Phi) is 9.73. The fourth-order valence-electron chi connectivity index (χ4n) is 1.63. The van der Waals surface area contributed by atoms with Gasteiger partial charge in [-0.1, -0.05) is 20.3 Å². The van der Waals surface area contributed by atoms with Crippen molar-refractivity contribution in [2.45, 2.75) is 32.4 Å². The SMILES string of the molecule is CCC(C)C(N)C(=O)NCC(O)COc1ccc(F)cc1.Cl. The Morgan fingerprint density at radius 2 is 2.00 bits per heavy atom. The Balaban J connectivity index is 0.00000441. The largest absolute Gasteiger partial charge is 0.491 e. The number of hydrogen-bond donors (Lipinski definition) is 3. The van der Waals surface area contributed by atoms with E-state index in [4.69, 9.17) is 10.5 Å². The molecule has 0 bridgehead atoms. The second kappa shape index (κ2) is 10.4. The number of hydrogen-bond acceptors (Lipinski definition) is 4. The van der Waals surface area contributed by atoms with E-state index in [0.29, 0.717) is 5.75 Å². The molecule has 0 fully saturated rings. The van der Waals surface area contributed by atoms with Crippen LogP contribution in [0, 0.1) is 11.7 Å². The molecule has 1 rings (SSSR count). The third-order valence-electron chi connectivity index (χ3n) is 3.33. The summed E-state index contributed by atoms with van der Waals surface area (Å²) in [4.78, 5) is 11.7. The maximum atomic E-state index is 12.7. The molecule has 0 saturated heterocycles. The molecule has 0 aliphatic heterocycles.